The summed E-state index contributed by atoms with van der Waals surface area (Å²) < 4.78 is 26.7. The number of nitrogens with two attached hydrogens (primary N) is 1. The third-order valence-corrected chi connectivity index (χ3v) is 4.34. The van der Waals surface area contributed by atoms with Crippen molar-refractivity contribution in [2.45, 2.75) is 17.4 Å². The van der Waals surface area contributed by atoms with Gasteiger partial charge in [-0.25, -0.2) is 13.1 Å². The zero-order valence-electron chi connectivity index (χ0n) is 10.7. The first-order valence-electron chi connectivity index (χ1n) is 6.09. The highest BCUT2D eigenvalue weighted by Crippen LogP contribution is 2.12. The summed E-state index contributed by atoms with van der Waals surface area (Å²) >= 11 is 0. The van der Waals surface area contributed by atoms with Crippen LogP contribution in [0.4, 0.5) is 0 Å². The number of nitrogens with one attached hydrogen (secondary N) is 2. The topological polar surface area (TPSA) is 101 Å². The average molecular weight is 293 g/mol. The minimum absolute atomic E-state index is 0.148. The van der Waals surface area contributed by atoms with E-state index in [9.17, 15) is 13.2 Å². The Hall–Kier alpha value is -1.88. The Balaban J connectivity index is 2.11. The second kappa shape index (κ2) is 6.05. The molecule has 1 aromatic carbocycles. The molecule has 0 spiro atoms. The highest BCUT2D eigenvalue weighted by molar-refractivity contribution is 7.89. The zero-order valence-corrected chi connectivity index (χ0v) is 11.5. The van der Waals surface area contributed by atoms with Gasteiger partial charge in [0.05, 0.1) is 11.4 Å². The molecule has 1 fully saturated rings. The molecule has 0 aromatic heterocycles. The molecule has 1 aliphatic rings. The number of rotatable bonds is 3. The van der Waals surface area contributed by atoms with Gasteiger partial charge >= 0.3 is 0 Å². The lowest BCUT2D eigenvalue weighted by molar-refractivity contribution is -0.119. The van der Waals surface area contributed by atoms with Crippen molar-refractivity contribution in [2.75, 3.05) is 13.1 Å². The Bertz CT molecular complexity index is 656. The van der Waals surface area contributed by atoms with Crippen molar-refractivity contribution in [1.82, 2.24) is 10.0 Å². The summed E-state index contributed by atoms with van der Waals surface area (Å²) in [6.45, 7) is 0.572. The van der Waals surface area contributed by atoms with Crippen molar-refractivity contribution in [3.05, 3.63) is 29.8 Å². The van der Waals surface area contributed by atoms with Gasteiger partial charge in [0.25, 0.3) is 0 Å². The molecule has 1 atom stereocenters. The predicted molar refractivity (Wildman–Crippen MR) is 74.1 cm³/mol. The molecular weight excluding hydrogens is 278 g/mol. The van der Waals surface area contributed by atoms with E-state index in [0.717, 1.165) is 0 Å². The molecular formula is C13H15N3O3S. The van der Waals surface area contributed by atoms with Gasteiger partial charge < -0.3 is 11.1 Å². The summed E-state index contributed by atoms with van der Waals surface area (Å²) in [6, 6.07) is 5.80. The average Bonchev–Trinajstić information content (AvgIpc) is 2.81. The van der Waals surface area contributed by atoms with E-state index in [1.807, 2.05) is 0 Å². The molecule has 0 bridgehead atoms. The van der Waals surface area contributed by atoms with Crippen LogP contribution in [-0.4, -0.2) is 33.5 Å². The number of amides is 1. The minimum atomic E-state index is -3.62. The van der Waals surface area contributed by atoms with Crippen LogP contribution < -0.4 is 15.8 Å². The minimum Gasteiger partial charge on any atom is -0.354 e. The molecule has 0 aliphatic carbocycles. The van der Waals surface area contributed by atoms with Gasteiger partial charge in [-0.1, -0.05) is 11.8 Å². The van der Waals surface area contributed by atoms with Crippen molar-refractivity contribution in [1.29, 1.82) is 0 Å². The van der Waals surface area contributed by atoms with Gasteiger partial charge in [0.1, 0.15) is 0 Å². The van der Waals surface area contributed by atoms with Gasteiger partial charge in [-0.15, -0.1) is 0 Å². The van der Waals surface area contributed by atoms with E-state index in [1.165, 1.54) is 12.1 Å². The van der Waals surface area contributed by atoms with Gasteiger partial charge in [-0.3, -0.25) is 4.79 Å². The maximum Gasteiger partial charge on any atom is 0.240 e. The molecule has 1 unspecified atom stereocenters. The number of carbonyl (C=O) groups excluding carboxylic acids is 1. The zero-order chi connectivity index (χ0) is 14.6. The molecule has 1 saturated heterocycles. The van der Waals surface area contributed by atoms with E-state index in [-0.39, 0.29) is 23.8 Å². The summed E-state index contributed by atoms with van der Waals surface area (Å²) in [4.78, 5) is 11.2. The summed E-state index contributed by atoms with van der Waals surface area (Å²) in [5.74, 6) is 5.36. The van der Waals surface area contributed by atoms with Gasteiger partial charge in [0.2, 0.25) is 15.9 Å². The predicted octanol–water partition coefficient (Wildman–Crippen LogP) is -0.836. The molecule has 1 aromatic rings. The van der Waals surface area contributed by atoms with Crippen molar-refractivity contribution < 1.29 is 13.2 Å². The molecule has 1 aliphatic heterocycles. The molecule has 6 nitrogen and oxygen atoms in total. The molecule has 106 valence electrons. The van der Waals surface area contributed by atoms with Crippen LogP contribution in [0.1, 0.15) is 12.0 Å². The summed E-state index contributed by atoms with van der Waals surface area (Å²) in [5, 5.41) is 2.58. The van der Waals surface area contributed by atoms with Crippen LogP contribution >= 0.6 is 0 Å². The first kappa shape index (κ1) is 14.5. The largest absolute Gasteiger partial charge is 0.354 e. The lowest BCUT2D eigenvalue weighted by atomic mass is 10.2. The summed E-state index contributed by atoms with van der Waals surface area (Å²) in [7, 11) is -3.62. The molecule has 1 heterocycles. The molecule has 1 amide bonds. The lowest BCUT2D eigenvalue weighted by Gasteiger charge is -2.11. The smallest absolute Gasteiger partial charge is 0.240 e. The van der Waals surface area contributed by atoms with Crippen molar-refractivity contribution in [2.24, 2.45) is 5.73 Å². The van der Waals surface area contributed by atoms with E-state index in [1.54, 1.807) is 12.1 Å². The third-order valence-electron chi connectivity index (χ3n) is 2.80. The SMILES string of the molecule is NCC#Cc1ccc(S(=O)(=O)NC2CNC(=O)C2)cc1. The van der Waals surface area contributed by atoms with E-state index < -0.39 is 16.1 Å². The third kappa shape index (κ3) is 3.57. The van der Waals surface area contributed by atoms with E-state index >= 15 is 0 Å². The number of benzene rings is 1. The van der Waals surface area contributed by atoms with Crippen molar-refractivity contribution >= 4 is 15.9 Å². The molecule has 2 rings (SSSR count). The maximum absolute atomic E-state index is 12.1. The van der Waals surface area contributed by atoms with Crippen LogP contribution in [0.5, 0.6) is 0 Å². The van der Waals surface area contributed by atoms with Gasteiger partial charge in [-0.2, -0.15) is 0 Å². The standard InChI is InChI=1S/C13H15N3O3S/c14-7-1-2-10-3-5-12(6-4-10)20(18,19)16-11-8-13(17)15-9-11/h3-6,11,16H,7-9,14H2,(H,15,17). The van der Waals surface area contributed by atoms with Crippen LogP contribution in [0.3, 0.4) is 0 Å². The van der Waals surface area contributed by atoms with Gasteiger partial charge in [-0.05, 0) is 24.3 Å². The number of sulfonamides is 1. The summed E-state index contributed by atoms with van der Waals surface area (Å²) in [6.07, 6.45) is 0.166. The van der Waals surface area contributed by atoms with Crippen LogP contribution in [0, 0.1) is 11.8 Å². The maximum atomic E-state index is 12.1. The van der Waals surface area contributed by atoms with Crippen LogP contribution in [0.15, 0.2) is 29.2 Å². The molecule has 7 heteroatoms. The fourth-order valence-electron chi connectivity index (χ4n) is 1.85. The Morgan fingerprint density at radius 1 is 1.35 bits per heavy atom. The Labute approximate surface area is 117 Å². The fraction of sp³-hybridized carbons (Fsp3) is 0.308. The first-order valence-corrected chi connectivity index (χ1v) is 7.57. The normalized spacial score (nSPS) is 18.2. The van der Waals surface area contributed by atoms with Gasteiger partial charge in [0, 0.05) is 24.6 Å². The van der Waals surface area contributed by atoms with Crippen LogP contribution in [0.2, 0.25) is 0 Å². The van der Waals surface area contributed by atoms with Crippen molar-refractivity contribution in [3.8, 4) is 11.8 Å². The van der Waals surface area contributed by atoms with Crippen LogP contribution in [0.25, 0.3) is 0 Å². The number of hydrogen-bond donors (Lipinski definition) is 3. The lowest BCUT2D eigenvalue weighted by Crippen LogP contribution is -2.36. The number of hydrogen-bond acceptors (Lipinski definition) is 4. The second-order valence-electron chi connectivity index (χ2n) is 4.36. The van der Waals surface area contributed by atoms with Crippen LogP contribution in [-0.2, 0) is 14.8 Å². The fourth-order valence-corrected chi connectivity index (χ4v) is 3.08. The Morgan fingerprint density at radius 3 is 2.60 bits per heavy atom. The van der Waals surface area contributed by atoms with E-state index in [0.29, 0.717) is 12.1 Å². The quantitative estimate of drug-likeness (QED) is 0.633. The molecule has 0 radical (unpaired) electrons. The second-order valence-corrected chi connectivity index (χ2v) is 6.07. The molecule has 20 heavy (non-hydrogen) atoms. The number of carbonyl (C=O) groups is 1. The highest BCUT2D eigenvalue weighted by Gasteiger charge is 2.26. The Kier molecular flexibility index (Phi) is 4.39. The summed E-state index contributed by atoms with van der Waals surface area (Å²) in [5.41, 5.74) is 5.97. The highest BCUT2D eigenvalue weighted by atomic mass is 32.2. The van der Waals surface area contributed by atoms with Gasteiger partial charge in [0.15, 0.2) is 0 Å². The van der Waals surface area contributed by atoms with Crippen molar-refractivity contribution in [3.63, 3.8) is 0 Å². The van der Waals surface area contributed by atoms with E-state index in [2.05, 4.69) is 21.9 Å². The first-order chi connectivity index (χ1) is 9.51. The molecule has 4 N–H and O–H groups in total. The molecule has 0 saturated carbocycles. The van der Waals surface area contributed by atoms with E-state index in [4.69, 9.17) is 5.73 Å². The Morgan fingerprint density at radius 2 is 2.05 bits per heavy atom. The monoisotopic (exact) mass is 293 g/mol.